The molecule has 4 heteroatoms. The predicted octanol–water partition coefficient (Wildman–Crippen LogP) is 3.76. The smallest absolute Gasteiger partial charge is 0.189 e. The van der Waals surface area contributed by atoms with E-state index in [4.69, 9.17) is 4.74 Å². The van der Waals surface area contributed by atoms with Crippen molar-refractivity contribution in [3.63, 3.8) is 0 Å². The van der Waals surface area contributed by atoms with Crippen molar-refractivity contribution in [2.45, 2.75) is 26.8 Å². The van der Waals surface area contributed by atoms with Crippen molar-refractivity contribution < 1.29 is 9.53 Å². The molecule has 0 fully saturated rings. The van der Waals surface area contributed by atoms with Gasteiger partial charge in [-0.05, 0) is 44.5 Å². The fraction of sp³-hybridized carbons (Fsp3) is 0.294. The van der Waals surface area contributed by atoms with Gasteiger partial charge in [0.1, 0.15) is 5.75 Å². The number of ether oxygens (including phenoxy) is 1. The Bertz CT molecular complexity index is 642. The first kappa shape index (κ1) is 15.0. The molecular formula is C17H20N2O2. The largest absolute Gasteiger partial charge is 0.494 e. The molecule has 0 bridgehead atoms. The second kappa shape index (κ2) is 6.88. The van der Waals surface area contributed by atoms with E-state index in [1.165, 1.54) is 0 Å². The van der Waals surface area contributed by atoms with Gasteiger partial charge in [0.25, 0.3) is 0 Å². The molecule has 110 valence electrons. The topological polar surface area (TPSA) is 44.1 Å². The van der Waals surface area contributed by atoms with Crippen LogP contribution < -0.4 is 4.74 Å². The molecule has 4 nitrogen and oxygen atoms in total. The lowest BCUT2D eigenvalue weighted by Gasteiger charge is -2.03. The Morgan fingerprint density at radius 3 is 2.90 bits per heavy atom. The molecule has 0 aliphatic rings. The van der Waals surface area contributed by atoms with Crippen molar-refractivity contribution in [2.75, 3.05) is 6.61 Å². The number of hydrogen-bond donors (Lipinski definition) is 0. The van der Waals surface area contributed by atoms with E-state index in [1.54, 1.807) is 29.2 Å². The van der Waals surface area contributed by atoms with Crippen molar-refractivity contribution >= 4 is 11.9 Å². The zero-order valence-electron chi connectivity index (χ0n) is 12.6. The van der Waals surface area contributed by atoms with E-state index < -0.39 is 0 Å². The van der Waals surface area contributed by atoms with Crippen LogP contribution in [0.1, 0.15) is 42.7 Å². The molecule has 0 amide bonds. The first-order valence-electron chi connectivity index (χ1n) is 7.09. The Morgan fingerprint density at radius 2 is 2.24 bits per heavy atom. The zero-order valence-corrected chi connectivity index (χ0v) is 12.6. The molecule has 0 unspecified atom stereocenters. The SMILES string of the molecule is CCOc1cccc(/C=C/C(=O)c2cnn(C(C)C)c2)c1. The van der Waals surface area contributed by atoms with Crippen LogP contribution in [0.2, 0.25) is 0 Å². The van der Waals surface area contributed by atoms with Crippen LogP contribution in [0.4, 0.5) is 0 Å². The molecule has 0 aliphatic carbocycles. The zero-order chi connectivity index (χ0) is 15.2. The number of nitrogens with zero attached hydrogens (tertiary/aromatic N) is 2. The summed E-state index contributed by atoms with van der Waals surface area (Å²) in [6, 6.07) is 7.90. The highest BCUT2D eigenvalue weighted by Crippen LogP contribution is 2.15. The number of carbonyl (C=O) groups is 1. The number of rotatable bonds is 6. The van der Waals surface area contributed by atoms with Gasteiger partial charge < -0.3 is 4.74 Å². The Labute approximate surface area is 125 Å². The van der Waals surface area contributed by atoms with Crippen molar-refractivity contribution in [3.05, 3.63) is 53.9 Å². The molecule has 1 aromatic carbocycles. The average Bonchev–Trinajstić information content (AvgIpc) is 2.96. The maximum absolute atomic E-state index is 12.1. The second-order valence-corrected chi connectivity index (χ2v) is 5.01. The van der Waals surface area contributed by atoms with Crippen molar-refractivity contribution in [2.24, 2.45) is 0 Å². The second-order valence-electron chi connectivity index (χ2n) is 5.01. The lowest BCUT2D eigenvalue weighted by atomic mass is 10.1. The third kappa shape index (κ3) is 4.05. The molecule has 1 heterocycles. The highest BCUT2D eigenvalue weighted by molar-refractivity contribution is 6.06. The summed E-state index contributed by atoms with van der Waals surface area (Å²) in [5, 5.41) is 4.17. The van der Waals surface area contributed by atoms with Gasteiger partial charge in [0.05, 0.1) is 18.4 Å². The summed E-state index contributed by atoms with van der Waals surface area (Å²) < 4.78 is 7.21. The normalized spacial score (nSPS) is 11.2. The summed E-state index contributed by atoms with van der Waals surface area (Å²) in [5.74, 6) is 0.753. The van der Waals surface area contributed by atoms with E-state index >= 15 is 0 Å². The van der Waals surface area contributed by atoms with Crippen LogP contribution in [0.5, 0.6) is 5.75 Å². The number of hydrogen-bond acceptors (Lipinski definition) is 3. The molecule has 1 aromatic heterocycles. The predicted molar refractivity (Wildman–Crippen MR) is 83.6 cm³/mol. The minimum absolute atomic E-state index is 0.0521. The number of allylic oxidation sites excluding steroid dienone is 1. The maximum atomic E-state index is 12.1. The van der Waals surface area contributed by atoms with Crippen molar-refractivity contribution in [3.8, 4) is 5.75 Å². The van der Waals surface area contributed by atoms with Crippen LogP contribution in [0.15, 0.2) is 42.7 Å². The number of benzene rings is 1. The molecule has 0 radical (unpaired) electrons. The molecule has 2 aromatic rings. The van der Waals surface area contributed by atoms with Crippen molar-refractivity contribution in [1.82, 2.24) is 9.78 Å². The molecule has 0 saturated heterocycles. The monoisotopic (exact) mass is 284 g/mol. The van der Waals surface area contributed by atoms with Crippen molar-refractivity contribution in [1.29, 1.82) is 0 Å². The van der Waals surface area contributed by atoms with E-state index in [1.807, 2.05) is 45.0 Å². The van der Waals surface area contributed by atoms with Gasteiger partial charge in [-0.2, -0.15) is 5.10 Å². The minimum Gasteiger partial charge on any atom is -0.494 e. The van der Waals surface area contributed by atoms with Gasteiger partial charge in [0, 0.05) is 12.2 Å². The van der Waals surface area contributed by atoms with Crippen LogP contribution >= 0.6 is 0 Å². The van der Waals surface area contributed by atoms with Crippen LogP contribution in [0.25, 0.3) is 6.08 Å². The Hall–Kier alpha value is -2.36. The van der Waals surface area contributed by atoms with Crippen LogP contribution in [0.3, 0.4) is 0 Å². The van der Waals surface area contributed by atoms with Gasteiger partial charge in [-0.3, -0.25) is 9.48 Å². The summed E-state index contributed by atoms with van der Waals surface area (Å²) in [5.41, 5.74) is 1.53. The quantitative estimate of drug-likeness (QED) is 0.599. The van der Waals surface area contributed by atoms with Crippen LogP contribution in [-0.2, 0) is 0 Å². The lowest BCUT2D eigenvalue weighted by molar-refractivity contribution is 0.104. The summed E-state index contributed by atoms with van der Waals surface area (Å²) in [7, 11) is 0. The van der Waals surface area contributed by atoms with Gasteiger partial charge in [0.15, 0.2) is 5.78 Å². The summed E-state index contributed by atoms with van der Waals surface area (Å²) in [6.07, 6.45) is 6.72. The standard InChI is InChI=1S/C17H20N2O2/c1-4-21-16-7-5-6-14(10-16)8-9-17(20)15-11-18-19(12-15)13(2)3/h5-13H,4H2,1-3H3/b9-8+. The van der Waals surface area contributed by atoms with Gasteiger partial charge >= 0.3 is 0 Å². The number of carbonyl (C=O) groups excluding carboxylic acids is 1. The van der Waals surface area contributed by atoms with E-state index in [0.29, 0.717) is 12.2 Å². The minimum atomic E-state index is -0.0521. The molecule has 2 rings (SSSR count). The number of aromatic nitrogens is 2. The lowest BCUT2D eigenvalue weighted by Crippen LogP contribution is -2.00. The van der Waals surface area contributed by atoms with Gasteiger partial charge in [0.2, 0.25) is 0 Å². The number of ketones is 1. The molecule has 0 aliphatic heterocycles. The molecule has 21 heavy (non-hydrogen) atoms. The fourth-order valence-electron chi connectivity index (χ4n) is 1.89. The third-order valence-corrected chi connectivity index (χ3v) is 3.01. The van der Waals surface area contributed by atoms with E-state index in [-0.39, 0.29) is 11.8 Å². The third-order valence-electron chi connectivity index (χ3n) is 3.01. The average molecular weight is 284 g/mol. The molecule has 0 saturated carbocycles. The summed E-state index contributed by atoms with van der Waals surface area (Å²) in [4.78, 5) is 12.1. The summed E-state index contributed by atoms with van der Waals surface area (Å²) >= 11 is 0. The summed E-state index contributed by atoms with van der Waals surface area (Å²) in [6.45, 7) is 6.62. The Balaban J connectivity index is 2.09. The molecular weight excluding hydrogens is 264 g/mol. The first-order valence-corrected chi connectivity index (χ1v) is 7.09. The first-order chi connectivity index (χ1) is 10.1. The van der Waals surface area contributed by atoms with Crippen LogP contribution in [-0.4, -0.2) is 22.2 Å². The molecule has 0 spiro atoms. The highest BCUT2D eigenvalue weighted by Gasteiger charge is 2.07. The van der Waals surface area contributed by atoms with Gasteiger partial charge in [-0.25, -0.2) is 0 Å². The van der Waals surface area contributed by atoms with Gasteiger partial charge in [-0.15, -0.1) is 0 Å². The Kier molecular flexibility index (Phi) is 4.93. The van der Waals surface area contributed by atoms with E-state index in [0.717, 1.165) is 11.3 Å². The highest BCUT2D eigenvalue weighted by atomic mass is 16.5. The molecule has 0 N–H and O–H groups in total. The van der Waals surface area contributed by atoms with Crippen LogP contribution in [0, 0.1) is 0 Å². The molecule has 0 atom stereocenters. The van der Waals surface area contributed by atoms with E-state index in [9.17, 15) is 4.79 Å². The van der Waals surface area contributed by atoms with E-state index in [2.05, 4.69) is 5.10 Å². The Morgan fingerprint density at radius 1 is 1.43 bits per heavy atom. The maximum Gasteiger partial charge on any atom is 0.189 e. The fourth-order valence-corrected chi connectivity index (χ4v) is 1.89. The van der Waals surface area contributed by atoms with Gasteiger partial charge in [-0.1, -0.05) is 18.2 Å².